The van der Waals surface area contributed by atoms with Crippen molar-refractivity contribution in [1.29, 1.82) is 0 Å². The third-order valence-corrected chi connectivity index (χ3v) is 3.65. The van der Waals surface area contributed by atoms with E-state index in [9.17, 15) is 14.8 Å². The van der Waals surface area contributed by atoms with Crippen molar-refractivity contribution < 1.29 is 24.7 Å². The Morgan fingerprint density at radius 3 is 1.67 bits per heavy atom. The average Bonchev–Trinajstić information content (AvgIpc) is 2.63. The maximum atomic E-state index is 12.2. The van der Waals surface area contributed by atoms with E-state index in [1.54, 1.807) is 48.5 Å². The third kappa shape index (κ3) is 5.64. The molecule has 0 spiro atoms. The topological polar surface area (TPSA) is 113 Å². The second kappa shape index (κ2) is 8.57. The van der Waals surface area contributed by atoms with Crippen LogP contribution in [0.2, 0.25) is 0 Å². The molecule has 0 saturated carbocycles. The molecule has 7 heteroatoms. The molecule has 0 amide bonds. The van der Waals surface area contributed by atoms with Gasteiger partial charge in [-0.05, 0) is 61.4 Å². The van der Waals surface area contributed by atoms with Crippen LogP contribution in [0.4, 0.5) is 11.4 Å². The largest absolute Gasteiger partial charge is 0.594 e. The Balaban J connectivity index is 2.17. The van der Waals surface area contributed by atoms with E-state index in [1.807, 2.05) is 0 Å². The minimum Gasteiger partial charge on any atom is -0.594 e. The molecule has 0 aliphatic carbocycles. The molecule has 0 atom stereocenters. The minimum absolute atomic E-state index is 0.193. The van der Waals surface area contributed by atoms with Crippen molar-refractivity contribution in [2.45, 2.75) is 13.8 Å². The summed E-state index contributed by atoms with van der Waals surface area (Å²) in [6.07, 6.45) is 3.02. The first-order chi connectivity index (χ1) is 12.8. The molecule has 0 heterocycles. The number of aliphatic carboxylic acids is 2. The van der Waals surface area contributed by atoms with Gasteiger partial charge >= 0.3 is 11.9 Å². The van der Waals surface area contributed by atoms with Crippen LogP contribution in [0.15, 0.2) is 64.8 Å². The molecule has 0 bridgehead atoms. The number of hydrogen-bond acceptors (Lipinski definition) is 4. The van der Waals surface area contributed by atoms with E-state index in [-0.39, 0.29) is 11.1 Å². The second-order valence-corrected chi connectivity index (χ2v) is 5.82. The summed E-state index contributed by atoms with van der Waals surface area (Å²) >= 11 is 0. The first-order valence-electron chi connectivity index (χ1n) is 7.98. The fourth-order valence-electron chi connectivity index (χ4n) is 2.12. The van der Waals surface area contributed by atoms with Gasteiger partial charge in [0, 0.05) is 28.4 Å². The van der Waals surface area contributed by atoms with E-state index >= 15 is 0 Å². The molecule has 27 heavy (non-hydrogen) atoms. The summed E-state index contributed by atoms with van der Waals surface area (Å²) in [5.41, 5.74) is 2.47. The molecule has 138 valence electrons. The maximum Gasteiger partial charge on any atom is 0.331 e. The number of carboxylic acids is 2. The van der Waals surface area contributed by atoms with E-state index in [1.165, 1.54) is 26.0 Å². The molecule has 0 aliphatic heterocycles. The fraction of sp³-hybridized carbons (Fsp3) is 0.100. The predicted octanol–water partition coefficient (Wildman–Crippen LogP) is 4.59. The van der Waals surface area contributed by atoms with Crippen LogP contribution in [-0.2, 0) is 9.59 Å². The molecule has 0 radical (unpaired) electrons. The van der Waals surface area contributed by atoms with Gasteiger partial charge in [0.1, 0.15) is 5.69 Å². The van der Waals surface area contributed by atoms with E-state index in [2.05, 4.69) is 5.11 Å². The van der Waals surface area contributed by atoms with Gasteiger partial charge in [-0.3, -0.25) is 0 Å². The summed E-state index contributed by atoms with van der Waals surface area (Å²) in [7, 11) is 0. The second-order valence-electron chi connectivity index (χ2n) is 5.82. The lowest BCUT2D eigenvalue weighted by Gasteiger charge is -2.01. The lowest BCUT2D eigenvalue weighted by molar-refractivity contribution is -0.435. The van der Waals surface area contributed by atoms with Crippen LogP contribution in [0, 0.1) is 5.21 Å². The van der Waals surface area contributed by atoms with Crippen molar-refractivity contribution in [2.75, 3.05) is 0 Å². The molecule has 2 rings (SSSR count). The zero-order valence-electron chi connectivity index (χ0n) is 14.8. The molecule has 2 N–H and O–H groups in total. The predicted molar refractivity (Wildman–Crippen MR) is 101 cm³/mol. The van der Waals surface area contributed by atoms with Crippen molar-refractivity contribution in [3.63, 3.8) is 0 Å². The van der Waals surface area contributed by atoms with E-state index in [0.29, 0.717) is 27.4 Å². The normalized spacial score (nSPS) is 12.7. The monoisotopic (exact) mass is 366 g/mol. The summed E-state index contributed by atoms with van der Waals surface area (Å²) in [5, 5.41) is 33.8. The minimum atomic E-state index is -1.00. The Morgan fingerprint density at radius 2 is 1.26 bits per heavy atom. The van der Waals surface area contributed by atoms with Gasteiger partial charge in [0.25, 0.3) is 0 Å². The van der Waals surface area contributed by atoms with Gasteiger partial charge in [-0.25, -0.2) is 9.59 Å². The molecule has 0 saturated heterocycles. The summed E-state index contributed by atoms with van der Waals surface area (Å²) in [5.74, 6) is -2.00. The highest BCUT2D eigenvalue weighted by Crippen LogP contribution is 2.20. The number of azo groups is 1. The van der Waals surface area contributed by atoms with Crippen LogP contribution >= 0.6 is 0 Å². The summed E-state index contributed by atoms with van der Waals surface area (Å²) in [6, 6.07) is 12.9. The van der Waals surface area contributed by atoms with E-state index in [0.717, 1.165) is 0 Å². The Morgan fingerprint density at radius 1 is 0.852 bits per heavy atom. The zero-order chi connectivity index (χ0) is 20.0. The Bertz CT molecular complexity index is 939. The summed E-state index contributed by atoms with van der Waals surface area (Å²) < 4.78 is 0. The molecule has 0 aliphatic rings. The van der Waals surface area contributed by atoms with Crippen molar-refractivity contribution in [3.8, 4) is 0 Å². The Hall–Kier alpha value is -3.74. The van der Waals surface area contributed by atoms with Gasteiger partial charge in [0.15, 0.2) is 0 Å². The highest BCUT2D eigenvalue weighted by Gasteiger charge is 2.06. The average molecular weight is 366 g/mol. The van der Waals surface area contributed by atoms with Crippen LogP contribution in [0.1, 0.15) is 25.0 Å². The number of nitrogens with zero attached hydrogens (tertiary/aromatic N) is 2. The van der Waals surface area contributed by atoms with Crippen molar-refractivity contribution in [1.82, 2.24) is 0 Å². The highest BCUT2D eigenvalue weighted by atomic mass is 16.5. The van der Waals surface area contributed by atoms with Crippen molar-refractivity contribution in [3.05, 3.63) is 76.0 Å². The van der Waals surface area contributed by atoms with Gasteiger partial charge < -0.3 is 15.4 Å². The summed E-state index contributed by atoms with van der Waals surface area (Å²) in [6.45, 7) is 2.99. The number of hydrogen-bond donors (Lipinski definition) is 2. The zero-order valence-corrected chi connectivity index (χ0v) is 14.8. The lowest BCUT2D eigenvalue weighted by atomic mass is 10.1. The molecule has 0 aromatic heterocycles. The summed E-state index contributed by atoms with van der Waals surface area (Å²) in [4.78, 5) is 22.1. The Labute approximate surface area is 155 Å². The molecule has 2 aromatic rings. The third-order valence-electron chi connectivity index (χ3n) is 3.65. The van der Waals surface area contributed by atoms with Gasteiger partial charge in [0.05, 0.1) is 0 Å². The number of carbonyl (C=O) groups is 2. The van der Waals surface area contributed by atoms with Gasteiger partial charge in [-0.2, -0.15) is 0 Å². The van der Waals surface area contributed by atoms with Crippen LogP contribution < -0.4 is 0 Å². The smallest absolute Gasteiger partial charge is 0.331 e. The molecular formula is C20H18N2O5. The quantitative estimate of drug-likeness (QED) is 0.336. The van der Waals surface area contributed by atoms with Crippen LogP contribution in [0.25, 0.3) is 12.2 Å². The standard InChI is InChI=1S/C20H18N2O5/c1-13(19(23)24)11-15-3-7-17(8-4-15)21-22(27)18-9-5-16(6-10-18)12-14(2)20(25)26/h3-12H,1-2H3,(H,23,24)(H,25,26)/b13-11+,14-12+,22-21?. The molecular weight excluding hydrogens is 348 g/mol. The van der Waals surface area contributed by atoms with E-state index in [4.69, 9.17) is 10.2 Å². The van der Waals surface area contributed by atoms with Gasteiger partial charge in [0.2, 0.25) is 5.69 Å². The van der Waals surface area contributed by atoms with Crippen LogP contribution in [-0.4, -0.2) is 27.0 Å². The fourth-order valence-corrected chi connectivity index (χ4v) is 2.12. The van der Waals surface area contributed by atoms with Crippen molar-refractivity contribution in [2.24, 2.45) is 5.11 Å². The molecule has 0 fully saturated rings. The molecule has 7 nitrogen and oxygen atoms in total. The number of rotatable bonds is 6. The van der Waals surface area contributed by atoms with Crippen LogP contribution in [0.5, 0.6) is 0 Å². The van der Waals surface area contributed by atoms with Crippen molar-refractivity contribution >= 4 is 35.5 Å². The first kappa shape index (κ1) is 19.6. The highest BCUT2D eigenvalue weighted by molar-refractivity contribution is 5.91. The Kier molecular flexibility index (Phi) is 6.22. The van der Waals surface area contributed by atoms with Crippen LogP contribution in [0.3, 0.4) is 0 Å². The lowest BCUT2D eigenvalue weighted by Crippen LogP contribution is -1.95. The molecule has 2 aromatic carbocycles. The van der Waals surface area contributed by atoms with Gasteiger partial charge in [-0.15, -0.1) is 0 Å². The van der Waals surface area contributed by atoms with E-state index < -0.39 is 11.9 Å². The van der Waals surface area contributed by atoms with Gasteiger partial charge in [-0.1, -0.05) is 17.0 Å². The maximum absolute atomic E-state index is 12.2. The SMILES string of the molecule is C/C(=C\c1ccc(N=[N+]([O-])c2ccc(/C=C(\C)C(=O)O)cc2)cc1)C(=O)O. The number of carboxylic acid groups (broad SMARTS) is 2. The molecule has 0 unspecified atom stereocenters. The first-order valence-corrected chi connectivity index (χ1v) is 7.98. The number of benzene rings is 2.